The second-order valence-corrected chi connectivity index (χ2v) is 4.98. The number of nitrogens with two attached hydrogens (primary N) is 2. The van der Waals surface area contributed by atoms with Crippen LogP contribution in [0.4, 0.5) is 10.1 Å². The third-order valence-electron chi connectivity index (χ3n) is 3.34. The van der Waals surface area contributed by atoms with Crippen molar-refractivity contribution >= 4 is 17.4 Å². The van der Waals surface area contributed by atoms with E-state index in [1.807, 2.05) is 0 Å². The van der Waals surface area contributed by atoms with Gasteiger partial charge < -0.3 is 16.6 Å². The molecule has 1 aromatic carbocycles. The van der Waals surface area contributed by atoms with E-state index in [1.165, 1.54) is 6.07 Å². The van der Waals surface area contributed by atoms with Gasteiger partial charge in [0.1, 0.15) is 11.7 Å². The molecule has 0 fully saturated rings. The number of carbonyl (C=O) groups excluding carboxylic acids is 1. The van der Waals surface area contributed by atoms with E-state index in [4.69, 9.17) is 11.5 Å². The number of carboxylic acid groups (broad SMARTS) is 1. The van der Waals surface area contributed by atoms with Crippen LogP contribution in [0.15, 0.2) is 18.2 Å². The van der Waals surface area contributed by atoms with Crippen LogP contribution in [0.5, 0.6) is 0 Å². The van der Waals surface area contributed by atoms with Gasteiger partial charge in [0.05, 0.1) is 0 Å². The Morgan fingerprint density at radius 1 is 1.19 bits per heavy atom. The Morgan fingerprint density at radius 3 is 2.48 bits per heavy atom. The van der Waals surface area contributed by atoms with E-state index in [-0.39, 0.29) is 17.7 Å². The van der Waals surface area contributed by atoms with E-state index in [2.05, 4.69) is 0 Å². The highest BCUT2D eigenvalue weighted by Crippen LogP contribution is 2.22. The molecule has 1 unspecified atom stereocenters. The number of anilines is 1. The van der Waals surface area contributed by atoms with Crippen LogP contribution in [0.25, 0.3) is 0 Å². The molecule has 0 saturated carbocycles. The van der Waals surface area contributed by atoms with E-state index in [0.29, 0.717) is 13.0 Å². The van der Waals surface area contributed by atoms with Crippen LogP contribution in [0.1, 0.15) is 42.5 Å². The molecule has 0 aliphatic carbocycles. The van der Waals surface area contributed by atoms with Crippen molar-refractivity contribution in [2.45, 2.75) is 32.1 Å². The number of Topliss-reactive ketones (excluding diaryl/α,β-unsaturated/α-hetero) is 1. The average molecular weight is 296 g/mol. The van der Waals surface area contributed by atoms with E-state index in [9.17, 15) is 19.1 Å². The minimum absolute atomic E-state index is 0.0654. The van der Waals surface area contributed by atoms with Crippen LogP contribution in [0, 0.1) is 11.7 Å². The summed E-state index contributed by atoms with van der Waals surface area (Å²) in [5, 5.41) is 9.19. The lowest BCUT2D eigenvalue weighted by Gasteiger charge is -2.13. The molecule has 6 heteroatoms. The molecule has 0 radical (unpaired) electrons. The van der Waals surface area contributed by atoms with Gasteiger partial charge >= 0.3 is 5.97 Å². The molecule has 0 spiro atoms. The number of aliphatic carboxylic acids is 1. The van der Waals surface area contributed by atoms with Crippen molar-refractivity contribution in [2.75, 3.05) is 12.3 Å². The molecule has 1 aromatic rings. The Morgan fingerprint density at radius 2 is 1.86 bits per heavy atom. The van der Waals surface area contributed by atoms with Crippen LogP contribution in [0.3, 0.4) is 0 Å². The number of carboxylic acids is 1. The van der Waals surface area contributed by atoms with Gasteiger partial charge in [-0.15, -0.1) is 0 Å². The van der Waals surface area contributed by atoms with E-state index < -0.39 is 23.5 Å². The molecular formula is C15H21FN2O3. The molecule has 116 valence electrons. The summed E-state index contributed by atoms with van der Waals surface area (Å²) in [4.78, 5) is 23.5. The number of nitrogen functional groups attached to an aromatic ring is 1. The molecule has 0 aliphatic heterocycles. The third kappa shape index (κ3) is 5.15. The highest BCUT2D eigenvalue weighted by atomic mass is 19.1. The summed E-state index contributed by atoms with van der Waals surface area (Å²) < 4.78 is 13.2. The van der Waals surface area contributed by atoms with Gasteiger partial charge in [-0.25, -0.2) is 4.39 Å². The minimum atomic E-state index is -1.21. The number of rotatable bonds is 9. The number of unbranched alkanes of at least 4 members (excludes halogenated alkanes) is 3. The molecule has 5 nitrogen and oxygen atoms in total. The highest BCUT2D eigenvalue weighted by Gasteiger charge is 2.28. The summed E-state index contributed by atoms with van der Waals surface area (Å²) in [6.07, 6.45) is 3.42. The predicted molar refractivity (Wildman–Crippen MR) is 78.4 cm³/mol. The summed E-state index contributed by atoms with van der Waals surface area (Å²) in [7, 11) is 0. The zero-order chi connectivity index (χ0) is 15.8. The fourth-order valence-corrected chi connectivity index (χ4v) is 2.14. The maximum atomic E-state index is 13.2. The van der Waals surface area contributed by atoms with Gasteiger partial charge in [-0.3, -0.25) is 9.59 Å². The van der Waals surface area contributed by atoms with Gasteiger partial charge in [0.2, 0.25) is 0 Å². The Balaban J connectivity index is 2.73. The number of benzene rings is 1. The molecule has 5 N–H and O–H groups in total. The summed E-state index contributed by atoms with van der Waals surface area (Å²) in [6, 6.07) is 3.39. The number of halogens is 1. The lowest BCUT2D eigenvalue weighted by Crippen LogP contribution is -2.25. The zero-order valence-electron chi connectivity index (χ0n) is 11.8. The minimum Gasteiger partial charge on any atom is -0.481 e. The number of ketones is 1. The molecule has 0 aromatic heterocycles. The summed E-state index contributed by atoms with van der Waals surface area (Å²) in [5.74, 6) is -3.65. The summed E-state index contributed by atoms with van der Waals surface area (Å²) in [5.41, 5.74) is 11.0. The maximum Gasteiger partial charge on any atom is 0.314 e. The van der Waals surface area contributed by atoms with E-state index in [0.717, 1.165) is 31.4 Å². The molecule has 1 atom stereocenters. The van der Waals surface area contributed by atoms with Gasteiger partial charge in [0, 0.05) is 11.3 Å². The van der Waals surface area contributed by atoms with Crippen LogP contribution in [-0.2, 0) is 4.79 Å². The Kier molecular flexibility index (Phi) is 6.81. The Hall–Kier alpha value is -1.95. The van der Waals surface area contributed by atoms with Gasteiger partial charge in [0.25, 0.3) is 0 Å². The van der Waals surface area contributed by atoms with Crippen molar-refractivity contribution in [1.82, 2.24) is 0 Å². The monoisotopic (exact) mass is 296 g/mol. The molecule has 0 amide bonds. The molecular weight excluding hydrogens is 275 g/mol. The van der Waals surface area contributed by atoms with Crippen molar-refractivity contribution in [2.24, 2.45) is 11.7 Å². The summed E-state index contributed by atoms with van der Waals surface area (Å²) >= 11 is 0. The average Bonchev–Trinajstić information content (AvgIpc) is 2.44. The normalized spacial score (nSPS) is 12.1. The first-order chi connectivity index (χ1) is 9.97. The standard InChI is InChI=1S/C15H21FN2O3/c16-10-6-7-13(18)12(9-10)14(19)11(15(20)21)5-3-1-2-4-8-17/h6-7,9,11H,1-5,8,17-18H2,(H,20,21). The first kappa shape index (κ1) is 17.1. The maximum absolute atomic E-state index is 13.2. The van der Waals surface area contributed by atoms with E-state index in [1.54, 1.807) is 0 Å². The van der Waals surface area contributed by atoms with Crippen LogP contribution in [0.2, 0.25) is 0 Å². The lowest BCUT2D eigenvalue weighted by molar-refractivity contribution is -0.140. The molecule has 1 rings (SSSR count). The van der Waals surface area contributed by atoms with Gasteiger partial charge in [-0.2, -0.15) is 0 Å². The fraction of sp³-hybridized carbons (Fsp3) is 0.467. The highest BCUT2D eigenvalue weighted by molar-refractivity contribution is 6.10. The number of carbonyl (C=O) groups is 2. The summed E-state index contributed by atoms with van der Waals surface area (Å²) in [6.45, 7) is 0.598. The van der Waals surface area contributed by atoms with Crippen LogP contribution < -0.4 is 11.5 Å². The van der Waals surface area contributed by atoms with Crippen LogP contribution in [-0.4, -0.2) is 23.4 Å². The molecule has 0 saturated heterocycles. The first-order valence-electron chi connectivity index (χ1n) is 6.99. The third-order valence-corrected chi connectivity index (χ3v) is 3.34. The van der Waals surface area contributed by atoms with Crippen molar-refractivity contribution in [3.63, 3.8) is 0 Å². The number of hydrogen-bond donors (Lipinski definition) is 3. The zero-order valence-corrected chi connectivity index (χ0v) is 11.8. The molecule has 0 heterocycles. The van der Waals surface area contributed by atoms with Gasteiger partial charge in [0.15, 0.2) is 5.78 Å². The Labute approximate surface area is 123 Å². The quantitative estimate of drug-likeness (QED) is 0.280. The first-order valence-corrected chi connectivity index (χ1v) is 6.99. The molecule has 0 aliphatic rings. The van der Waals surface area contributed by atoms with Crippen molar-refractivity contribution in [3.05, 3.63) is 29.6 Å². The van der Waals surface area contributed by atoms with Crippen molar-refractivity contribution in [3.8, 4) is 0 Å². The SMILES string of the molecule is NCCCCCCC(C(=O)O)C(=O)c1cc(F)ccc1N. The Bertz CT molecular complexity index is 506. The topological polar surface area (TPSA) is 106 Å². The lowest BCUT2D eigenvalue weighted by atomic mass is 9.91. The van der Waals surface area contributed by atoms with Gasteiger partial charge in [-0.05, 0) is 37.6 Å². The smallest absolute Gasteiger partial charge is 0.314 e. The number of hydrogen-bond acceptors (Lipinski definition) is 4. The van der Waals surface area contributed by atoms with Crippen molar-refractivity contribution in [1.29, 1.82) is 0 Å². The predicted octanol–water partition coefficient (Wildman–Crippen LogP) is 2.20. The fourth-order valence-electron chi connectivity index (χ4n) is 2.14. The van der Waals surface area contributed by atoms with Gasteiger partial charge in [-0.1, -0.05) is 19.3 Å². The second kappa shape index (κ2) is 8.36. The molecule has 21 heavy (non-hydrogen) atoms. The van der Waals surface area contributed by atoms with Crippen LogP contribution >= 0.6 is 0 Å². The van der Waals surface area contributed by atoms with Crippen molar-refractivity contribution < 1.29 is 19.1 Å². The van der Waals surface area contributed by atoms with E-state index >= 15 is 0 Å². The largest absolute Gasteiger partial charge is 0.481 e. The second-order valence-electron chi connectivity index (χ2n) is 4.98. The molecule has 0 bridgehead atoms.